The van der Waals surface area contributed by atoms with Crippen LogP contribution < -0.4 is 5.73 Å². The molecule has 0 aliphatic carbocycles. The van der Waals surface area contributed by atoms with Crippen LogP contribution in [-0.4, -0.2) is 11.5 Å². The molecule has 1 heterocycles. The predicted molar refractivity (Wildman–Crippen MR) is 66.2 cm³/mol. The van der Waals surface area contributed by atoms with Crippen LogP contribution in [0.3, 0.4) is 0 Å². The van der Waals surface area contributed by atoms with Gasteiger partial charge in [-0.15, -0.1) is 0 Å². The van der Waals surface area contributed by atoms with Crippen molar-refractivity contribution in [2.75, 3.05) is 6.54 Å². The lowest BCUT2D eigenvalue weighted by atomic mass is 9.77. The maximum Gasteiger partial charge on any atom is 0.0312 e. The Morgan fingerprint density at radius 3 is 2.31 bits per heavy atom. The first-order valence-electron chi connectivity index (χ1n) is 5.43. The summed E-state index contributed by atoms with van der Waals surface area (Å²) >= 11 is 0. The van der Waals surface area contributed by atoms with Gasteiger partial charge >= 0.3 is 0 Å². The molecule has 2 nitrogen and oxygen atoms in total. The summed E-state index contributed by atoms with van der Waals surface area (Å²) < 4.78 is 0. The van der Waals surface area contributed by atoms with Crippen LogP contribution in [0.1, 0.15) is 18.1 Å². The largest absolute Gasteiger partial charge is 0.329 e. The molecule has 0 bridgehead atoms. The lowest BCUT2D eigenvalue weighted by molar-refractivity contribution is 0.581. The van der Waals surface area contributed by atoms with Crippen LogP contribution in [-0.2, 0) is 5.41 Å². The van der Waals surface area contributed by atoms with E-state index in [-0.39, 0.29) is 5.41 Å². The van der Waals surface area contributed by atoms with Crippen LogP contribution in [0.2, 0.25) is 0 Å². The number of benzene rings is 1. The molecule has 0 radical (unpaired) electrons. The van der Waals surface area contributed by atoms with E-state index in [2.05, 4.69) is 30.1 Å². The zero-order valence-corrected chi connectivity index (χ0v) is 9.43. The Morgan fingerprint density at radius 2 is 1.75 bits per heavy atom. The molecule has 0 aliphatic heterocycles. The molecule has 2 N–H and O–H groups in total. The Kier molecular flexibility index (Phi) is 3.02. The molecule has 0 aliphatic rings. The molecule has 0 amide bonds. The average molecular weight is 212 g/mol. The molecule has 1 atom stereocenters. The van der Waals surface area contributed by atoms with Crippen LogP contribution >= 0.6 is 0 Å². The first kappa shape index (κ1) is 10.8. The molecular formula is C14H16N2. The summed E-state index contributed by atoms with van der Waals surface area (Å²) in [4.78, 5) is 4.17. The number of nitrogens with zero attached hydrogens (tertiary/aromatic N) is 1. The SMILES string of the molecule is CC(CN)(c1ccccc1)c1cccnc1. The molecule has 2 rings (SSSR count). The van der Waals surface area contributed by atoms with Gasteiger partial charge in [0, 0.05) is 24.4 Å². The Balaban J connectivity index is 2.49. The van der Waals surface area contributed by atoms with Gasteiger partial charge in [0.1, 0.15) is 0 Å². The van der Waals surface area contributed by atoms with Crippen LogP contribution in [0, 0.1) is 0 Å². The second-order valence-electron chi connectivity index (χ2n) is 4.14. The fraction of sp³-hybridized carbons (Fsp3) is 0.214. The van der Waals surface area contributed by atoms with E-state index in [0.29, 0.717) is 6.54 Å². The summed E-state index contributed by atoms with van der Waals surface area (Å²) in [5, 5.41) is 0. The van der Waals surface area contributed by atoms with Crippen molar-refractivity contribution in [3.63, 3.8) is 0 Å². The van der Waals surface area contributed by atoms with Crippen LogP contribution in [0.4, 0.5) is 0 Å². The van der Waals surface area contributed by atoms with Crippen molar-refractivity contribution < 1.29 is 0 Å². The van der Waals surface area contributed by atoms with Gasteiger partial charge in [-0.05, 0) is 17.2 Å². The van der Waals surface area contributed by atoms with E-state index in [9.17, 15) is 0 Å². The van der Waals surface area contributed by atoms with Crippen molar-refractivity contribution in [3.8, 4) is 0 Å². The number of nitrogens with two attached hydrogens (primary N) is 1. The van der Waals surface area contributed by atoms with Crippen molar-refractivity contribution in [3.05, 3.63) is 66.0 Å². The molecule has 16 heavy (non-hydrogen) atoms. The van der Waals surface area contributed by atoms with Gasteiger partial charge in [0.15, 0.2) is 0 Å². The molecule has 2 aromatic rings. The van der Waals surface area contributed by atoms with E-state index in [1.54, 1.807) is 6.20 Å². The number of rotatable bonds is 3. The minimum Gasteiger partial charge on any atom is -0.329 e. The van der Waals surface area contributed by atoms with Gasteiger partial charge in [0.25, 0.3) is 0 Å². The third-order valence-electron chi connectivity index (χ3n) is 3.12. The monoisotopic (exact) mass is 212 g/mol. The van der Waals surface area contributed by atoms with Gasteiger partial charge in [-0.1, -0.05) is 43.3 Å². The van der Waals surface area contributed by atoms with Gasteiger partial charge in [-0.3, -0.25) is 4.98 Å². The molecule has 82 valence electrons. The number of hydrogen-bond acceptors (Lipinski definition) is 2. The predicted octanol–water partition coefficient (Wildman–Crippen LogP) is 2.35. The third-order valence-corrected chi connectivity index (χ3v) is 3.12. The van der Waals surface area contributed by atoms with Gasteiger partial charge < -0.3 is 5.73 Å². The van der Waals surface area contributed by atoms with Gasteiger partial charge in [0.05, 0.1) is 0 Å². The lowest BCUT2D eigenvalue weighted by Gasteiger charge is -2.28. The van der Waals surface area contributed by atoms with Crippen LogP contribution in [0.5, 0.6) is 0 Å². The Bertz CT molecular complexity index is 397. The quantitative estimate of drug-likeness (QED) is 0.848. The number of aromatic nitrogens is 1. The van der Waals surface area contributed by atoms with Crippen molar-refractivity contribution >= 4 is 0 Å². The van der Waals surface area contributed by atoms with Crippen molar-refractivity contribution in [2.24, 2.45) is 5.73 Å². The minimum absolute atomic E-state index is 0.157. The summed E-state index contributed by atoms with van der Waals surface area (Å²) in [6.45, 7) is 2.72. The van der Waals surface area contributed by atoms with E-state index in [0.717, 1.165) is 5.56 Å². The molecule has 0 saturated carbocycles. The zero-order valence-electron chi connectivity index (χ0n) is 9.43. The summed E-state index contributed by atoms with van der Waals surface area (Å²) in [5.74, 6) is 0. The second kappa shape index (κ2) is 4.45. The Labute approximate surface area is 96.1 Å². The van der Waals surface area contributed by atoms with Crippen molar-refractivity contribution in [1.29, 1.82) is 0 Å². The smallest absolute Gasteiger partial charge is 0.0312 e. The van der Waals surface area contributed by atoms with E-state index >= 15 is 0 Å². The van der Waals surface area contributed by atoms with Crippen LogP contribution in [0.15, 0.2) is 54.9 Å². The van der Waals surface area contributed by atoms with Crippen molar-refractivity contribution in [1.82, 2.24) is 4.98 Å². The molecule has 1 unspecified atom stereocenters. The molecule has 2 heteroatoms. The molecule has 1 aromatic heterocycles. The second-order valence-corrected chi connectivity index (χ2v) is 4.14. The number of hydrogen-bond donors (Lipinski definition) is 1. The van der Waals surface area contributed by atoms with E-state index in [1.807, 2.05) is 30.5 Å². The van der Waals surface area contributed by atoms with Crippen molar-refractivity contribution in [2.45, 2.75) is 12.3 Å². The highest BCUT2D eigenvalue weighted by Gasteiger charge is 2.26. The highest BCUT2D eigenvalue weighted by molar-refractivity contribution is 5.37. The summed E-state index contributed by atoms with van der Waals surface area (Å²) in [7, 11) is 0. The first-order chi connectivity index (χ1) is 7.77. The van der Waals surface area contributed by atoms with E-state index < -0.39 is 0 Å². The highest BCUT2D eigenvalue weighted by atomic mass is 14.6. The van der Waals surface area contributed by atoms with Gasteiger partial charge in [-0.2, -0.15) is 0 Å². The summed E-state index contributed by atoms with van der Waals surface area (Å²) in [5.41, 5.74) is 8.17. The van der Waals surface area contributed by atoms with E-state index in [1.165, 1.54) is 5.56 Å². The summed E-state index contributed by atoms with van der Waals surface area (Å²) in [6.07, 6.45) is 3.67. The fourth-order valence-corrected chi connectivity index (χ4v) is 1.90. The third kappa shape index (κ3) is 1.84. The standard InChI is InChI=1S/C14H16N2/c1-14(11-15,12-6-3-2-4-7-12)13-8-5-9-16-10-13/h2-10H,11,15H2,1H3. The minimum atomic E-state index is -0.157. The average Bonchev–Trinajstić information content (AvgIpc) is 2.40. The van der Waals surface area contributed by atoms with Crippen LogP contribution in [0.25, 0.3) is 0 Å². The normalized spacial score (nSPS) is 14.4. The lowest BCUT2D eigenvalue weighted by Crippen LogP contribution is -2.33. The molecule has 0 fully saturated rings. The summed E-state index contributed by atoms with van der Waals surface area (Å²) in [6, 6.07) is 14.3. The zero-order chi connectivity index (χ0) is 11.4. The number of pyridine rings is 1. The maximum absolute atomic E-state index is 5.94. The van der Waals surface area contributed by atoms with Gasteiger partial charge in [0.2, 0.25) is 0 Å². The van der Waals surface area contributed by atoms with E-state index in [4.69, 9.17) is 5.73 Å². The molecule has 1 aromatic carbocycles. The first-order valence-corrected chi connectivity index (χ1v) is 5.43. The Morgan fingerprint density at radius 1 is 1.06 bits per heavy atom. The Hall–Kier alpha value is -1.67. The molecular weight excluding hydrogens is 196 g/mol. The fourth-order valence-electron chi connectivity index (χ4n) is 1.90. The van der Waals surface area contributed by atoms with Gasteiger partial charge in [-0.25, -0.2) is 0 Å². The maximum atomic E-state index is 5.94. The topological polar surface area (TPSA) is 38.9 Å². The highest BCUT2D eigenvalue weighted by Crippen LogP contribution is 2.29. The molecule has 0 spiro atoms. The molecule has 0 saturated heterocycles.